The van der Waals surface area contributed by atoms with E-state index >= 15 is 0 Å². The van der Waals surface area contributed by atoms with Gasteiger partial charge in [0.25, 0.3) is 0 Å². The van der Waals surface area contributed by atoms with Crippen molar-refractivity contribution in [1.29, 1.82) is 0 Å². The van der Waals surface area contributed by atoms with Crippen molar-refractivity contribution in [3.63, 3.8) is 0 Å². The Balaban J connectivity index is 1.81. The van der Waals surface area contributed by atoms with Crippen LogP contribution in [0.4, 0.5) is 0 Å². The average molecular weight is 299 g/mol. The molecule has 2 N–H and O–H groups in total. The summed E-state index contributed by atoms with van der Waals surface area (Å²) in [6.45, 7) is 4.17. The van der Waals surface area contributed by atoms with Gasteiger partial charge in [-0.3, -0.25) is 9.69 Å². The Morgan fingerprint density at radius 1 is 1.25 bits per heavy atom. The molecule has 5 heteroatoms. The van der Waals surface area contributed by atoms with Crippen LogP contribution >= 0.6 is 11.8 Å². The fraction of sp³-hybridized carbons (Fsp3) is 0.933. The number of thioether (sulfide) groups is 1. The molecule has 0 spiro atoms. The third-order valence-corrected chi connectivity index (χ3v) is 5.60. The maximum atomic E-state index is 11.9. The van der Waals surface area contributed by atoms with Crippen molar-refractivity contribution in [3.8, 4) is 0 Å². The molecular weight excluding hydrogens is 270 g/mol. The molecule has 2 fully saturated rings. The van der Waals surface area contributed by atoms with Crippen molar-refractivity contribution < 1.29 is 4.79 Å². The third kappa shape index (κ3) is 4.37. The van der Waals surface area contributed by atoms with Crippen molar-refractivity contribution >= 4 is 17.7 Å². The number of hydrogen-bond acceptors (Lipinski definition) is 4. The summed E-state index contributed by atoms with van der Waals surface area (Å²) >= 11 is 2.06. The molecule has 0 aromatic carbocycles. The van der Waals surface area contributed by atoms with Crippen LogP contribution in [0.15, 0.2) is 0 Å². The highest BCUT2D eigenvalue weighted by Crippen LogP contribution is 2.36. The molecule has 1 saturated heterocycles. The summed E-state index contributed by atoms with van der Waals surface area (Å²) in [5.41, 5.74) is 0.264. The normalized spacial score (nSPS) is 22.9. The first-order chi connectivity index (χ1) is 9.77. The second-order valence-electron chi connectivity index (χ2n) is 6.01. The Kier molecular flexibility index (Phi) is 6.65. The Morgan fingerprint density at radius 3 is 2.60 bits per heavy atom. The molecule has 2 aliphatic rings. The van der Waals surface area contributed by atoms with Gasteiger partial charge in [-0.1, -0.05) is 12.8 Å². The lowest BCUT2D eigenvalue weighted by molar-refractivity contribution is -0.121. The van der Waals surface area contributed by atoms with Crippen LogP contribution in [0.2, 0.25) is 0 Å². The van der Waals surface area contributed by atoms with E-state index < -0.39 is 0 Å². The van der Waals surface area contributed by atoms with Crippen LogP contribution in [0.25, 0.3) is 0 Å². The van der Waals surface area contributed by atoms with Crippen LogP contribution in [0.3, 0.4) is 0 Å². The van der Waals surface area contributed by atoms with Gasteiger partial charge in [-0.25, -0.2) is 0 Å². The van der Waals surface area contributed by atoms with Gasteiger partial charge in [0.05, 0.1) is 0 Å². The third-order valence-electron chi connectivity index (χ3n) is 4.66. The quantitative estimate of drug-likeness (QED) is 0.699. The maximum Gasteiger partial charge on any atom is 0.220 e. The molecule has 1 amide bonds. The van der Waals surface area contributed by atoms with E-state index in [1.807, 2.05) is 7.05 Å². The lowest BCUT2D eigenvalue weighted by Crippen LogP contribution is -2.56. The molecule has 1 aliphatic heterocycles. The monoisotopic (exact) mass is 299 g/mol. The lowest BCUT2D eigenvalue weighted by atomic mass is 9.94. The maximum absolute atomic E-state index is 11.9. The molecular formula is C15H29N3OS. The van der Waals surface area contributed by atoms with Crippen LogP contribution in [-0.2, 0) is 4.79 Å². The molecule has 0 radical (unpaired) electrons. The van der Waals surface area contributed by atoms with Gasteiger partial charge < -0.3 is 10.6 Å². The van der Waals surface area contributed by atoms with E-state index in [0.29, 0.717) is 6.42 Å². The Labute approximate surface area is 127 Å². The summed E-state index contributed by atoms with van der Waals surface area (Å²) in [7, 11) is 1.93. The summed E-state index contributed by atoms with van der Waals surface area (Å²) in [5.74, 6) is 2.72. The molecule has 0 aromatic heterocycles. The van der Waals surface area contributed by atoms with Gasteiger partial charge in [-0.2, -0.15) is 11.8 Å². The minimum atomic E-state index is 0.220. The van der Waals surface area contributed by atoms with E-state index in [-0.39, 0.29) is 11.4 Å². The molecule has 0 aromatic rings. The van der Waals surface area contributed by atoms with Crippen LogP contribution < -0.4 is 10.6 Å². The first-order valence-corrected chi connectivity index (χ1v) is 9.16. The minimum absolute atomic E-state index is 0.220. The highest BCUT2D eigenvalue weighted by molar-refractivity contribution is 7.99. The number of carbonyl (C=O) groups excluding carboxylic acids is 1. The summed E-state index contributed by atoms with van der Waals surface area (Å²) < 4.78 is 0. The molecule has 0 atom stereocenters. The van der Waals surface area contributed by atoms with Crippen LogP contribution in [0.5, 0.6) is 0 Å². The second-order valence-corrected chi connectivity index (χ2v) is 7.24. The molecule has 20 heavy (non-hydrogen) atoms. The molecule has 4 nitrogen and oxygen atoms in total. The van der Waals surface area contributed by atoms with Gasteiger partial charge in [0.2, 0.25) is 5.91 Å². The highest BCUT2D eigenvalue weighted by atomic mass is 32.2. The zero-order valence-corrected chi connectivity index (χ0v) is 13.6. The number of carbonyl (C=O) groups is 1. The number of nitrogens with zero attached hydrogens (tertiary/aromatic N) is 1. The van der Waals surface area contributed by atoms with Gasteiger partial charge in [0, 0.05) is 43.1 Å². The molecule has 1 heterocycles. The summed E-state index contributed by atoms with van der Waals surface area (Å²) in [5, 5.41) is 6.30. The van der Waals surface area contributed by atoms with Crippen molar-refractivity contribution in [2.24, 2.45) is 0 Å². The number of hydrogen-bond donors (Lipinski definition) is 2. The van der Waals surface area contributed by atoms with Gasteiger partial charge in [-0.05, 0) is 32.9 Å². The number of amides is 1. The highest BCUT2D eigenvalue weighted by Gasteiger charge is 2.39. The zero-order valence-electron chi connectivity index (χ0n) is 12.7. The fourth-order valence-corrected chi connectivity index (χ4v) is 4.36. The predicted octanol–water partition coefficient (Wildman–Crippen LogP) is 1.46. The van der Waals surface area contributed by atoms with Gasteiger partial charge >= 0.3 is 0 Å². The molecule has 0 bridgehead atoms. The van der Waals surface area contributed by atoms with E-state index in [1.165, 1.54) is 50.3 Å². The number of rotatable bonds is 7. The number of nitrogens with one attached hydrogen (secondary N) is 2. The Morgan fingerprint density at radius 2 is 1.95 bits per heavy atom. The second kappa shape index (κ2) is 8.25. The van der Waals surface area contributed by atoms with E-state index in [4.69, 9.17) is 0 Å². The molecule has 116 valence electrons. The van der Waals surface area contributed by atoms with E-state index in [9.17, 15) is 4.79 Å². The SMILES string of the molecule is CNCCCC(=O)NCC1(N2CCSCC2)CCCC1. The van der Waals surface area contributed by atoms with Crippen LogP contribution in [0.1, 0.15) is 38.5 Å². The predicted molar refractivity (Wildman–Crippen MR) is 86.3 cm³/mol. The van der Waals surface area contributed by atoms with E-state index in [2.05, 4.69) is 27.3 Å². The molecule has 1 saturated carbocycles. The van der Waals surface area contributed by atoms with Gasteiger partial charge in [0.1, 0.15) is 0 Å². The van der Waals surface area contributed by atoms with Gasteiger partial charge in [0.15, 0.2) is 0 Å². The largest absolute Gasteiger partial charge is 0.354 e. The topological polar surface area (TPSA) is 44.4 Å². The summed E-state index contributed by atoms with van der Waals surface area (Å²) in [6, 6.07) is 0. The molecule has 0 unspecified atom stereocenters. The van der Waals surface area contributed by atoms with Crippen LogP contribution in [0, 0.1) is 0 Å². The van der Waals surface area contributed by atoms with Gasteiger partial charge in [-0.15, -0.1) is 0 Å². The summed E-state index contributed by atoms with van der Waals surface area (Å²) in [6.07, 6.45) is 6.73. The smallest absolute Gasteiger partial charge is 0.220 e. The minimum Gasteiger partial charge on any atom is -0.354 e. The Hall–Kier alpha value is -0.260. The fourth-order valence-electron chi connectivity index (χ4n) is 3.45. The zero-order chi connectivity index (χ0) is 14.3. The lowest BCUT2D eigenvalue weighted by Gasteiger charge is -2.43. The average Bonchev–Trinajstić information content (AvgIpc) is 2.97. The van der Waals surface area contributed by atoms with Crippen molar-refractivity contribution in [1.82, 2.24) is 15.5 Å². The first kappa shape index (κ1) is 16.1. The van der Waals surface area contributed by atoms with Crippen molar-refractivity contribution in [3.05, 3.63) is 0 Å². The van der Waals surface area contributed by atoms with Crippen molar-refractivity contribution in [2.75, 3.05) is 44.7 Å². The molecule has 1 aliphatic carbocycles. The van der Waals surface area contributed by atoms with Crippen LogP contribution in [-0.4, -0.2) is 61.1 Å². The van der Waals surface area contributed by atoms with E-state index in [0.717, 1.165) is 19.5 Å². The molecule has 2 rings (SSSR count). The standard InChI is InChI=1S/C15H29N3OS/c1-16-8-4-5-14(19)17-13-15(6-2-3-7-15)18-9-11-20-12-10-18/h16H,2-13H2,1H3,(H,17,19). The Bertz CT molecular complexity index is 299. The van der Waals surface area contributed by atoms with Crippen molar-refractivity contribution in [2.45, 2.75) is 44.1 Å². The summed E-state index contributed by atoms with van der Waals surface area (Å²) in [4.78, 5) is 14.6. The first-order valence-electron chi connectivity index (χ1n) is 8.01. The van der Waals surface area contributed by atoms with E-state index in [1.54, 1.807) is 0 Å².